The lowest BCUT2D eigenvalue weighted by atomic mass is 10.0. The zero-order valence-electron chi connectivity index (χ0n) is 14.1. The molecule has 0 bridgehead atoms. The topological polar surface area (TPSA) is 67.6 Å². The van der Waals surface area contributed by atoms with E-state index in [1.165, 1.54) is 12.8 Å². The number of hydrogen-bond donors (Lipinski definition) is 1. The van der Waals surface area contributed by atoms with Gasteiger partial charge in [0.1, 0.15) is 11.5 Å². The van der Waals surface area contributed by atoms with Crippen molar-refractivity contribution in [2.45, 2.75) is 25.8 Å². The minimum atomic E-state index is -0.217. The quantitative estimate of drug-likeness (QED) is 0.882. The molecule has 1 atom stereocenters. The van der Waals surface area contributed by atoms with E-state index in [1.807, 2.05) is 18.2 Å². The maximum Gasteiger partial charge on any atom is 0.273 e. The Morgan fingerprint density at radius 1 is 1.38 bits per heavy atom. The van der Waals surface area contributed by atoms with Crippen molar-refractivity contribution in [2.75, 3.05) is 26.7 Å². The van der Waals surface area contributed by atoms with Crippen LogP contribution in [0.15, 0.2) is 34.9 Å². The van der Waals surface area contributed by atoms with Crippen LogP contribution in [-0.4, -0.2) is 42.7 Å². The zero-order valence-corrected chi connectivity index (χ0v) is 14.1. The van der Waals surface area contributed by atoms with Crippen molar-refractivity contribution in [3.05, 3.63) is 47.3 Å². The van der Waals surface area contributed by atoms with Gasteiger partial charge >= 0.3 is 0 Å². The van der Waals surface area contributed by atoms with Crippen LogP contribution in [0.2, 0.25) is 0 Å². The van der Waals surface area contributed by atoms with Crippen LogP contribution in [-0.2, 0) is 0 Å². The number of methoxy groups -OCH3 is 1. The van der Waals surface area contributed by atoms with Gasteiger partial charge in [-0.3, -0.25) is 9.69 Å². The van der Waals surface area contributed by atoms with Crippen molar-refractivity contribution in [1.82, 2.24) is 15.4 Å². The second kappa shape index (κ2) is 7.49. The maximum atomic E-state index is 12.3. The smallest absolute Gasteiger partial charge is 0.273 e. The summed E-state index contributed by atoms with van der Waals surface area (Å²) in [6.07, 6.45) is 2.37. The number of benzene rings is 1. The summed E-state index contributed by atoms with van der Waals surface area (Å²) in [4.78, 5) is 14.7. The van der Waals surface area contributed by atoms with Crippen LogP contribution in [0.5, 0.6) is 5.75 Å². The largest absolute Gasteiger partial charge is 0.496 e. The molecular formula is C18H23N3O3. The molecule has 128 valence electrons. The van der Waals surface area contributed by atoms with Crippen molar-refractivity contribution in [3.63, 3.8) is 0 Å². The first kappa shape index (κ1) is 16.5. The summed E-state index contributed by atoms with van der Waals surface area (Å²) in [5.74, 6) is 1.26. The number of hydrogen-bond acceptors (Lipinski definition) is 5. The SMILES string of the molecule is COc1ccccc1[C@@H](CNC(=O)c1cc(C)on1)N1CCCC1. The van der Waals surface area contributed by atoms with Crippen LogP contribution in [0, 0.1) is 6.92 Å². The van der Waals surface area contributed by atoms with Crippen LogP contribution in [0.4, 0.5) is 0 Å². The van der Waals surface area contributed by atoms with Gasteiger partial charge in [-0.2, -0.15) is 0 Å². The molecule has 1 fully saturated rings. The van der Waals surface area contributed by atoms with E-state index in [9.17, 15) is 4.79 Å². The number of nitrogens with zero attached hydrogens (tertiary/aromatic N) is 2. The van der Waals surface area contributed by atoms with E-state index in [2.05, 4.69) is 21.4 Å². The van der Waals surface area contributed by atoms with E-state index < -0.39 is 0 Å². The number of amides is 1. The molecule has 2 aromatic rings. The predicted molar refractivity (Wildman–Crippen MR) is 90.1 cm³/mol. The third-order valence-corrected chi connectivity index (χ3v) is 4.40. The predicted octanol–water partition coefficient (Wildman–Crippen LogP) is 2.56. The first-order valence-electron chi connectivity index (χ1n) is 8.27. The Morgan fingerprint density at radius 2 is 2.12 bits per heavy atom. The summed E-state index contributed by atoms with van der Waals surface area (Å²) in [6.45, 7) is 4.33. The maximum absolute atomic E-state index is 12.3. The summed E-state index contributed by atoms with van der Waals surface area (Å²) in [7, 11) is 1.68. The number of aromatic nitrogens is 1. The number of likely N-dealkylation sites (tertiary alicyclic amines) is 1. The summed E-state index contributed by atoms with van der Waals surface area (Å²) >= 11 is 0. The molecule has 3 rings (SSSR count). The van der Waals surface area contributed by atoms with Gasteiger partial charge < -0.3 is 14.6 Å². The average Bonchev–Trinajstić information content (AvgIpc) is 3.27. The first-order chi connectivity index (χ1) is 11.7. The first-order valence-corrected chi connectivity index (χ1v) is 8.27. The normalized spacial score (nSPS) is 16.1. The number of rotatable bonds is 6. The second-order valence-electron chi connectivity index (χ2n) is 6.03. The molecule has 0 unspecified atom stereocenters. The average molecular weight is 329 g/mol. The number of nitrogens with one attached hydrogen (secondary N) is 1. The van der Waals surface area contributed by atoms with Gasteiger partial charge in [0.25, 0.3) is 5.91 Å². The van der Waals surface area contributed by atoms with Crippen LogP contribution >= 0.6 is 0 Å². The standard InChI is InChI=1S/C18H23N3O3/c1-13-11-15(20-24-13)18(22)19-12-16(21-9-5-6-10-21)14-7-3-4-8-17(14)23-2/h3-4,7-8,11,16H,5-6,9-10,12H2,1-2H3,(H,19,22)/t16-/m1/s1. The summed E-state index contributed by atoms with van der Waals surface area (Å²) in [5, 5.41) is 6.75. The highest BCUT2D eigenvalue weighted by Gasteiger charge is 2.26. The highest BCUT2D eigenvalue weighted by Crippen LogP contribution is 2.31. The number of aryl methyl sites for hydroxylation is 1. The highest BCUT2D eigenvalue weighted by molar-refractivity contribution is 5.92. The Morgan fingerprint density at radius 3 is 2.79 bits per heavy atom. The Balaban J connectivity index is 1.76. The van der Waals surface area contributed by atoms with Crippen LogP contribution in [0.1, 0.15) is 40.7 Å². The zero-order chi connectivity index (χ0) is 16.9. The molecule has 24 heavy (non-hydrogen) atoms. The van der Waals surface area contributed by atoms with Gasteiger partial charge in [0.15, 0.2) is 5.69 Å². The summed E-state index contributed by atoms with van der Waals surface area (Å²) in [5.41, 5.74) is 1.41. The van der Waals surface area contributed by atoms with Crippen molar-refractivity contribution in [3.8, 4) is 5.75 Å². The van der Waals surface area contributed by atoms with Crippen molar-refractivity contribution in [1.29, 1.82) is 0 Å². The molecule has 6 heteroatoms. The summed E-state index contributed by atoms with van der Waals surface area (Å²) in [6, 6.07) is 9.71. The van der Waals surface area contributed by atoms with Gasteiger partial charge in [0, 0.05) is 18.2 Å². The molecule has 1 N–H and O–H groups in total. The van der Waals surface area contributed by atoms with E-state index in [1.54, 1.807) is 20.1 Å². The Kier molecular flexibility index (Phi) is 5.15. The fourth-order valence-corrected chi connectivity index (χ4v) is 3.18. The van der Waals surface area contributed by atoms with E-state index in [4.69, 9.17) is 9.26 Å². The van der Waals surface area contributed by atoms with Crippen LogP contribution < -0.4 is 10.1 Å². The van der Waals surface area contributed by atoms with Crippen molar-refractivity contribution in [2.24, 2.45) is 0 Å². The van der Waals surface area contributed by atoms with Crippen LogP contribution in [0.3, 0.4) is 0 Å². The molecule has 1 amide bonds. The molecule has 6 nitrogen and oxygen atoms in total. The van der Waals surface area contributed by atoms with Gasteiger partial charge in [0.05, 0.1) is 13.2 Å². The van der Waals surface area contributed by atoms with Crippen molar-refractivity contribution < 1.29 is 14.1 Å². The molecule has 0 spiro atoms. The second-order valence-corrected chi connectivity index (χ2v) is 6.03. The lowest BCUT2D eigenvalue weighted by molar-refractivity contribution is 0.0928. The monoisotopic (exact) mass is 329 g/mol. The van der Waals surface area contributed by atoms with E-state index in [-0.39, 0.29) is 11.9 Å². The molecule has 0 aliphatic carbocycles. The number of carbonyl (C=O) groups excluding carboxylic acids is 1. The third-order valence-electron chi connectivity index (χ3n) is 4.40. The fourth-order valence-electron chi connectivity index (χ4n) is 3.18. The Bertz CT molecular complexity index is 692. The molecule has 0 radical (unpaired) electrons. The molecule has 1 aliphatic rings. The molecular weight excluding hydrogens is 306 g/mol. The number of para-hydroxylation sites is 1. The van der Waals surface area contributed by atoms with Gasteiger partial charge in [-0.15, -0.1) is 0 Å². The minimum Gasteiger partial charge on any atom is -0.496 e. The number of ether oxygens (including phenoxy) is 1. The Hall–Kier alpha value is -2.34. The van der Waals surface area contributed by atoms with Gasteiger partial charge in [-0.1, -0.05) is 23.4 Å². The molecule has 2 heterocycles. The third kappa shape index (κ3) is 3.59. The minimum absolute atomic E-state index is 0.0839. The highest BCUT2D eigenvalue weighted by atomic mass is 16.5. The fraction of sp³-hybridized carbons (Fsp3) is 0.444. The molecule has 1 aromatic carbocycles. The van der Waals surface area contributed by atoms with Gasteiger partial charge in [-0.05, 0) is 38.9 Å². The molecule has 1 saturated heterocycles. The summed E-state index contributed by atoms with van der Waals surface area (Å²) < 4.78 is 10.5. The van der Waals surface area contributed by atoms with Gasteiger partial charge in [-0.25, -0.2) is 0 Å². The molecule has 0 saturated carbocycles. The lowest BCUT2D eigenvalue weighted by Gasteiger charge is -2.29. The van der Waals surface area contributed by atoms with E-state index >= 15 is 0 Å². The van der Waals surface area contributed by atoms with E-state index in [0.29, 0.717) is 18.0 Å². The number of carbonyl (C=O) groups is 1. The lowest BCUT2D eigenvalue weighted by Crippen LogP contribution is -2.37. The van der Waals surface area contributed by atoms with E-state index in [0.717, 1.165) is 24.4 Å². The van der Waals surface area contributed by atoms with Crippen LogP contribution in [0.25, 0.3) is 0 Å². The molecule has 1 aliphatic heterocycles. The van der Waals surface area contributed by atoms with Gasteiger partial charge in [0.2, 0.25) is 0 Å². The van der Waals surface area contributed by atoms with Crippen molar-refractivity contribution >= 4 is 5.91 Å². The molecule has 1 aromatic heterocycles. The Labute approximate surface area is 141 Å².